The van der Waals surface area contributed by atoms with Crippen LogP contribution in [0.5, 0.6) is 0 Å². The first-order chi connectivity index (χ1) is 8.16. The summed E-state index contributed by atoms with van der Waals surface area (Å²) in [7, 11) is 0. The highest BCUT2D eigenvalue weighted by atomic mass is 16.4. The van der Waals surface area contributed by atoms with Gasteiger partial charge in [0.2, 0.25) is 0 Å². The summed E-state index contributed by atoms with van der Waals surface area (Å²) >= 11 is 0. The fourth-order valence-electron chi connectivity index (χ4n) is 3.25. The van der Waals surface area contributed by atoms with Crippen molar-refractivity contribution in [3.63, 3.8) is 0 Å². The van der Waals surface area contributed by atoms with Crippen molar-refractivity contribution in [1.82, 2.24) is 4.90 Å². The monoisotopic (exact) mass is 239 g/mol. The fraction of sp³-hybridized carbons (Fsp3) is 0.929. The number of rotatable bonds is 5. The Labute approximate surface area is 104 Å². The Morgan fingerprint density at radius 2 is 2.00 bits per heavy atom. The van der Waals surface area contributed by atoms with Gasteiger partial charge in [-0.15, -0.1) is 0 Å². The number of hydrogen-bond acceptors (Lipinski definition) is 2. The van der Waals surface area contributed by atoms with Crippen LogP contribution in [0.25, 0.3) is 0 Å². The average molecular weight is 239 g/mol. The highest BCUT2D eigenvalue weighted by molar-refractivity contribution is 5.74. The lowest BCUT2D eigenvalue weighted by Gasteiger charge is -2.41. The number of carboxylic acids is 1. The average Bonchev–Trinajstić information content (AvgIpc) is 2.26. The molecular weight excluding hydrogens is 214 g/mol. The van der Waals surface area contributed by atoms with E-state index in [0.29, 0.717) is 0 Å². The molecule has 1 heterocycles. The van der Waals surface area contributed by atoms with E-state index in [-0.39, 0.29) is 0 Å². The van der Waals surface area contributed by atoms with Gasteiger partial charge in [0.05, 0.1) is 5.41 Å². The smallest absolute Gasteiger partial charge is 0.309 e. The van der Waals surface area contributed by atoms with Crippen molar-refractivity contribution < 1.29 is 9.90 Å². The fourth-order valence-corrected chi connectivity index (χ4v) is 3.25. The van der Waals surface area contributed by atoms with E-state index < -0.39 is 11.4 Å². The molecule has 0 unspecified atom stereocenters. The van der Waals surface area contributed by atoms with E-state index in [0.717, 1.165) is 44.7 Å². The Kier molecular flexibility index (Phi) is 4.08. The van der Waals surface area contributed by atoms with Gasteiger partial charge in [-0.1, -0.05) is 19.8 Å². The van der Waals surface area contributed by atoms with Gasteiger partial charge in [0.15, 0.2) is 0 Å². The van der Waals surface area contributed by atoms with Gasteiger partial charge in [-0.25, -0.2) is 0 Å². The van der Waals surface area contributed by atoms with E-state index in [1.165, 1.54) is 25.8 Å². The van der Waals surface area contributed by atoms with Crippen LogP contribution in [0.15, 0.2) is 0 Å². The predicted octanol–water partition coefficient (Wildman–Crippen LogP) is 2.75. The van der Waals surface area contributed by atoms with Crippen molar-refractivity contribution in [2.24, 2.45) is 11.3 Å². The molecule has 2 aliphatic rings. The largest absolute Gasteiger partial charge is 0.481 e. The number of carboxylic acid groups (broad SMARTS) is 1. The maximum atomic E-state index is 11.4. The molecule has 1 saturated carbocycles. The van der Waals surface area contributed by atoms with Gasteiger partial charge in [-0.2, -0.15) is 0 Å². The molecule has 1 saturated heterocycles. The van der Waals surface area contributed by atoms with E-state index in [1.807, 2.05) is 0 Å². The third kappa shape index (κ3) is 2.82. The minimum absolute atomic E-state index is 0.412. The molecule has 0 spiro atoms. The van der Waals surface area contributed by atoms with E-state index in [9.17, 15) is 9.90 Å². The summed E-state index contributed by atoms with van der Waals surface area (Å²) in [6.45, 7) is 5.28. The molecule has 0 amide bonds. The molecule has 0 aromatic heterocycles. The van der Waals surface area contributed by atoms with Gasteiger partial charge in [-0.05, 0) is 51.1 Å². The quantitative estimate of drug-likeness (QED) is 0.802. The molecular formula is C14H25NO2. The van der Waals surface area contributed by atoms with Crippen molar-refractivity contribution >= 4 is 5.97 Å². The van der Waals surface area contributed by atoms with Crippen molar-refractivity contribution in [2.45, 2.75) is 51.9 Å². The summed E-state index contributed by atoms with van der Waals surface area (Å²) in [6, 6.07) is 0. The summed E-state index contributed by atoms with van der Waals surface area (Å²) in [5, 5.41) is 9.43. The zero-order valence-corrected chi connectivity index (χ0v) is 11.0. The lowest BCUT2D eigenvalue weighted by molar-refractivity contribution is -0.152. The molecule has 0 aromatic carbocycles. The summed E-state index contributed by atoms with van der Waals surface area (Å²) in [5.41, 5.74) is -0.412. The van der Waals surface area contributed by atoms with Crippen LogP contribution in [0.1, 0.15) is 51.9 Å². The summed E-state index contributed by atoms with van der Waals surface area (Å²) < 4.78 is 0. The molecule has 98 valence electrons. The van der Waals surface area contributed by atoms with Crippen LogP contribution in [0.3, 0.4) is 0 Å². The van der Waals surface area contributed by atoms with Crippen LogP contribution < -0.4 is 0 Å². The first kappa shape index (κ1) is 12.9. The summed E-state index contributed by atoms with van der Waals surface area (Å²) in [4.78, 5) is 13.9. The topological polar surface area (TPSA) is 40.5 Å². The molecule has 0 atom stereocenters. The third-order valence-electron chi connectivity index (χ3n) is 4.74. The first-order valence-electron chi connectivity index (χ1n) is 7.12. The second-order valence-corrected chi connectivity index (χ2v) is 5.93. The molecule has 0 aromatic rings. The molecule has 0 bridgehead atoms. The molecule has 1 aliphatic carbocycles. The van der Waals surface area contributed by atoms with Crippen LogP contribution in [0.4, 0.5) is 0 Å². The Morgan fingerprint density at radius 1 is 1.35 bits per heavy atom. The summed E-state index contributed by atoms with van der Waals surface area (Å²) in [5.74, 6) is 0.334. The van der Waals surface area contributed by atoms with Gasteiger partial charge >= 0.3 is 5.97 Å². The van der Waals surface area contributed by atoms with Crippen molar-refractivity contribution in [3.05, 3.63) is 0 Å². The van der Waals surface area contributed by atoms with Crippen LogP contribution in [0, 0.1) is 11.3 Å². The Hall–Kier alpha value is -0.570. The summed E-state index contributed by atoms with van der Waals surface area (Å²) in [6.07, 6.45) is 7.69. The highest BCUT2D eigenvalue weighted by Crippen LogP contribution is 2.37. The molecule has 0 radical (unpaired) electrons. The number of carbonyl (C=O) groups is 1. The lowest BCUT2D eigenvalue weighted by Crippen LogP contribution is -2.46. The third-order valence-corrected chi connectivity index (χ3v) is 4.74. The molecule has 1 N–H and O–H groups in total. The van der Waals surface area contributed by atoms with E-state index in [4.69, 9.17) is 0 Å². The van der Waals surface area contributed by atoms with Crippen molar-refractivity contribution in [2.75, 3.05) is 19.6 Å². The van der Waals surface area contributed by atoms with Crippen LogP contribution in [0.2, 0.25) is 0 Å². The predicted molar refractivity (Wildman–Crippen MR) is 68.0 cm³/mol. The maximum Gasteiger partial charge on any atom is 0.309 e. The van der Waals surface area contributed by atoms with Crippen molar-refractivity contribution in [3.8, 4) is 0 Å². The first-order valence-corrected chi connectivity index (χ1v) is 7.12. The van der Waals surface area contributed by atoms with E-state index in [1.54, 1.807) is 0 Å². The standard InChI is InChI=1S/C14H25NO2/c1-2-6-14(13(16)17)7-9-15(10-8-14)11-12-4-3-5-12/h12H,2-11H2,1H3,(H,16,17). The Balaban J connectivity index is 1.83. The van der Waals surface area contributed by atoms with Gasteiger partial charge in [0.25, 0.3) is 0 Å². The van der Waals surface area contributed by atoms with E-state index in [2.05, 4.69) is 11.8 Å². The SMILES string of the molecule is CCCC1(C(=O)O)CCN(CC2CCC2)CC1. The molecule has 2 fully saturated rings. The lowest BCUT2D eigenvalue weighted by atomic mass is 9.74. The maximum absolute atomic E-state index is 11.4. The molecule has 1 aliphatic heterocycles. The second-order valence-electron chi connectivity index (χ2n) is 5.93. The number of piperidine rings is 1. The Bertz CT molecular complexity index is 265. The van der Waals surface area contributed by atoms with Crippen LogP contribution in [-0.4, -0.2) is 35.6 Å². The van der Waals surface area contributed by atoms with Gasteiger partial charge in [0.1, 0.15) is 0 Å². The second kappa shape index (κ2) is 5.38. The zero-order chi connectivity index (χ0) is 12.3. The Morgan fingerprint density at radius 3 is 2.41 bits per heavy atom. The number of aliphatic carboxylic acids is 1. The molecule has 3 nitrogen and oxygen atoms in total. The minimum atomic E-state index is -0.567. The molecule has 2 rings (SSSR count). The molecule has 3 heteroatoms. The normalized spacial score (nSPS) is 25.5. The number of nitrogens with zero attached hydrogens (tertiary/aromatic N) is 1. The van der Waals surface area contributed by atoms with Gasteiger partial charge < -0.3 is 10.0 Å². The number of likely N-dealkylation sites (tertiary alicyclic amines) is 1. The van der Waals surface area contributed by atoms with Gasteiger partial charge in [0, 0.05) is 6.54 Å². The zero-order valence-electron chi connectivity index (χ0n) is 11.0. The van der Waals surface area contributed by atoms with Crippen LogP contribution in [-0.2, 0) is 4.79 Å². The molecule has 17 heavy (non-hydrogen) atoms. The van der Waals surface area contributed by atoms with E-state index >= 15 is 0 Å². The van der Waals surface area contributed by atoms with Crippen LogP contribution >= 0.6 is 0 Å². The minimum Gasteiger partial charge on any atom is -0.481 e. The van der Waals surface area contributed by atoms with Crippen molar-refractivity contribution in [1.29, 1.82) is 0 Å². The number of hydrogen-bond donors (Lipinski definition) is 1. The van der Waals surface area contributed by atoms with Gasteiger partial charge in [-0.3, -0.25) is 4.79 Å². The highest BCUT2D eigenvalue weighted by Gasteiger charge is 2.40.